The van der Waals surface area contributed by atoms with E-state index in [-0.39, 0.29) is 6.04 Å². The van der Waals surface area contributed by atoms with Gasteiger partial charge in [0.2, 0.25) is 23.7 Å². The predicted molar refractivity (Wildman–Crippen MR) is 114 cm³/mol. The van der Waals surface area contributed by atoms with E-state index >= 15 is 0 Å². The van der Waals surface area contributed by atoms with Crippen molar-refractivity contribution in [2.24, 2.45) is 0 Å². The molecule has 4 rings (SSSR count). The van der Waals surface area contributed by atoms with E-state index in [1.165, 1.54) is 0 Å². The zero-order valence-electron chi connectivity index (χ0n) is 17.8. The summed E-state index contributed by atoms with van der Waals surface area (Å²) >= 11 is 0. The van der Waals surface area contributed by atoms with E-state index in [4.69, 9.17) is 19.2 Å². The monoisotopic (exact) mass is 415 g/mol. The molecule has 2 aliphatic heterocycles. The third kappa shape index (κ3) is 4.48. The van der Waals surface area contributed by atoms with Gasteiger partial charge in [-0.1, -0.05) is 0 Å². The van der Waals surface area contributed by atoms with Crippen molar-refractivity contribution in [3.8, 4) is 11.8 Å². The maximum Gasteiger partial charge on any atom is 0.232 e. The Bertz CT molecular complexity index is 825. The van der Waals surface area contributed by atoms with Gasteiger partial charge in [0.1, 0.15) is 5.82 Å². The van der Waals surface area contributed by atoms with Gasteiger partial charge < -0.3 is 28.9 Å². The van der Waals surface area contributed by atoms with Crippen molar-refractivity contribution < 1.29 is 14.2 Å². The van der Waals surface area contributed by atoms with Crippen LogP contribution in [0.3, 0.4) is 0 Å². The van der Waals surface area contributed by atoms with Gasteiger partial charge in [0, 0.05) is 45.5 Å². The number of likely N-dealkylation sites (N-methyl/N-ethyl adjacent to an activating group) is 1. The van der Waals surface area contributed by atoms with Crippen molar-refractivity contribution in [1.29, 1.82) is 0 Å². The molecule has 30 heavy (non-hydrogen) atoms. The number of hydrogen-bond acceptors (Lipinski definition) is 10. The molecule has 162 valence electrons. The van der Waals surface area contributed by atoms with Gasteiger partial charge in [0.25, 0.3) is 0 Å². The molecule has 2 saturated heterocycles. The molecule has 0 saturated carbocycles. The highest BCUT2D eigenvalue weighted by molar-refractivity contribution is 5.45. The van der Waals surface area contributed by atoms with Gasteiger partial charge in [0.15, 0.2) is 0 Å². The maximum atomic E-state index is 5.45. The molecule has 1 atom stereocenters. The zero-order valence-corrected chi connectivity index (χ0v) is 17.8. The van der Waals surface area contributed by atoms with E-state index in [0.29, 0.717) is 17.7 Å². The fourth-order valence-corrected chi connectivity index (χ4v) is 3.84. The highest BCUT2D eigenvalue weighted by atomic mass is 16.5. The van der Waals surface area contributed by atoms with E-state index in [0.717, 1.165) is 64.0 Å². The normalized spacial score (nSPS) is 19.5. The lowest BCUT2D eigenvalue weighted by Gasteiger charge is -2.38. The third-order valence-electron chi connectivity index (χ3n) is 5.59. The summed E-state index contributed by atoms with van der Waals surface area (Å²) in [6.45, 7) is 4.83. The summed E-state index contributed by atoms with van der Waals surface area (Å²) in [5.74, 6) is 3.29. The predicted octanol–water partition coefficient (Wildman–Crippen LogP) is 1.23. The fourth-order valence-electron chi connectivity index (χ4n) is 3.84. The molecule has 0 spiro atoms. The SMILES string of the molecule is COc1cc(OC)nc(N2CCCC(N(C)c3nccc(N4CCOCC4)n3)C2)n1. The number of anilines is 3. The smallest absolute Gasteiger partial charge is 0.232 e. The molecular formula is C20H29N7O3. The molecule has 2 fully saturated rings. The molecule has 0 amide bonds. The van der Waals surface area contributed by atoms with Crippen molar-refractivity contribution in [2.75, 3.05) is 75.4 Å². The quantitative estimate of drug-likeness (QED) is 0.686. The van der Waals surface area contributed by atoms with E-state index in [2.05, 4.69) is 36.7 Å². The van der Waals surface area contributed by atoms with Gasteiger partial charge >= 0.3 is 0 Å². The molecule has 0 radical (unpaired) electrons. The fraction of sp³-hybridized carbons (Fsp3) is 0.600. The first-order valence-corrected chi connectivity index (χ1v) is 10.3. The van der Waals surface area contributed by atoms with Crippen LogP contribution in [-0.2, 0) is 4.74 Å². The van der Waals surface area contributed by atoms with Crippen LogP contribution in [0.2, 0.25) is 0 Å². The Morgan fingerprint density at radius 1 is 1.03 bits per heavy atom. The first-order chi connectivity index (χ1) is 14.7. The second-order valence-corrected chi connectivity index (χ2v) is 7.42. The number of ether oxygens (including phenoxy) is 3. The molecule has 0 bridgehead atoms. The van der Waals surface area contributed by atoms with Gasteiger partial charge in [-0.2, -0.15) is 15.0 Å². The van der Waals surface area contributed by atoms with Crippen LogP contribution < -0.4 is 24.2 Å². The van der Waals surface area contributed by atoms with E-state index in [1.54, 1.807) is 20.3 Å². The highest BCUT2D eigenvalue weighted by Gasteiger charge is 2.27. The number of methoxy groups -OCH3 is 2. The van der Waals surface area contributed by atoms with Gasteiger partial charge in [-0.15, -0.1) is 0 Å². The molecular weight excluding hydrogens is 386 g/mol. The van der Waals surface area contributed by atoms with E-state index in [1.807, 2.05) is 12.3 Å². The van der Waals surface area contributed by atoms with Crippen LogP contribution >= 0.6 is 0 Å². The Morgan fingerprint density at radius 2 is 1.77 bits per heavy atom. The number of hydrogen-bond donors (Lipinski definition) is 0. The summed E-state index contributed by atoms with van der Waals surface area (Å²) in [5, 5.41) is 0. The van der Waals surface area contributed by atoms with Gasteiger partial charge in [-0.05, 0) is 18.9 Å². The van der Waals surface area contributed by atoms with Crippen molar-refractivity contribution in [1.82, 2.24) is 19.9 Å². The summed E-state index contributed by atoms with van der Waals surface area (Å²) < 4.78 is 16.1. The summed E-state index contributed by atoms with van der Waals surface area (Å²) in [6, 6.07) is 3.90. The van der Waals surface area contributed by atoms with Gasteiger partial charge in [-0.3, -0.25) is 0 Å². The Kier molecular flexibility index (Phi) is 6.32. The topological polar surface area (TPSA) is 89.0 Å². The standard InChI is InChI=1S/C20H29N7O3/c1-25(19-21-7-6-16(22-19)26-9-11-30-12-10-26)15-5-4-8-27(14-15)20-23-17(28-2)13-18(24-20)29-3/h6-7,13,15H,4-5,8-12,14H2,1-3H3. The number of rotatable bonds is 6. The first-order valence-electron chi connectivity index (χ1n) is 10.3. The lowest BCUT2D eigenvalue weighted by atomic mass is 10.1. The van der Waals surface area contributed by atoms with Crippen LogP contribution in [0.15, 0.2) is 18.3 Å². The molecule has 10 nitrogen and oxygen atoms in total. The Morgan fingerprint density at radius 3 is 2.47 bits per heavy atom. The van der Waals surface area contributed by atoms with Crippen molar-refractivity contribution in [2.45, 2.75) is 18.9 Å². The van der Waals surface area contributed by atoms with Gasteiger partial charge in [0.05, 0.1) is 33.5 Å². The molecule has 10 heteroatoms. The Hall–Kier alpha value is -2.88. The number of morpholine rings is 1. The first kappa shape index (κ1) is 20.4. The molecule has 4 heterocycles. The number of nitrogens with zero attached hydrogens (tertiary/aromatic N) is 7. The van der Waals surface area contributed by atoms with Crippen LogP contribution in [0.4, 0.5) is 17.7 Å². The molecule has 0 aliphatic carbocycles. The minimum atomic E-state index is 0.250. The largest absolute Gasteiger partial charge is 0.481 e. The molecule has 2 aromatic rings. The minimum absolute atomic E-state index is 0.250. The molecule has 0 N–H and O–H groups in total. The van der Waals surface area contributed by atoms with E-state index in [9.17, 15) is 0 Å². The molecule has 2 aliphatic rings. The zero-order chi connectivity index (χ0) is 20.9. The average Bonchev–Trinajstić information content (AvgIpc) is 2.84. The Labute approximate surface area is 176 Å². The third-order valence-corrected chi connectivity index (χ3v) is 5.59. The summed E-state index contributed by atoms with van der Waals surface area (Å²) in [4.78, 5) is 24.9. The van der Waals surface area contributed by atoms with Crippen LogP contribution in [0.1, 0.15) is 12.8 Å². The average molecular weight is 415 g/mol. The molecule has 0 aromatic carbocycles. The summed E-state index contributed by atoms with van der Waals surface area (Å²) in [5.41, 5.74) is 0. The van der Waals surface area contributed by atoms with Crippen LogP contribution in [0.5, 0.6) is 11.8 Å². The number of aromatic nitrogens is 4. The minimum Gasteiger partial charge on any atom is -0.481 e. The lowest BCUT2D eigenvalue weighted by molar-refractivity contribution is 0.122. The highest BCUT2D eigenvalue weighted by Crippen LogP contribution is 2.26. The summed E-state index contributed by atoms with van der Waals surface area (Å²) in [7, 11) is 5.24. The van der Waals surface area contributed by atoms with Crippen LogP contribution in [-0.4, -0.2) is 86.6 Å². The van der Waals surface area contributed by atoms with Crippen LogP contribution in [0.25, 0.3) is 0 Å². The summed E-state index contributed by atoms with van der Waals surface area (Å²) in [6.07, 6.45) is 3.92. The Balaban J connectivity index is 1.49. The van der Waals surface area contributed by atoms with Crippen LogP contribution in [0, 0.1) is 0 Å². The van der Waals surface area contributed by atoms with Crippen molar-refractivity contribution >= 4 is 17.7 Å². The lowest BCUT2D eigenvalue weighted by Crippen LogP contribution is -2.48. The van der Waals surface area contributed by atoms with Crippen molar-refractivity contribution in [3.63, 3.8) is 0 Å². The number of piperidine rings is 1. The molecule has 1 unspecified atom stereocenters. The van der Waals surface area contributed by atoms with Crippen molar-refractivity contribution in [3.05, 3.63) is 18.3 Å². The molecule has 2 aromatic heterocycles. The maximum absolute atomic E-state index is 5.45. The second kappa shape index (κ2) is 9.29. The van der Waals surface area contributed by atoms with E-state index < -0.39 is 0 Å². The second-order valence-electron chi connectivity index (χ2n) is 7.42. The van der Waals surface area contributed by atoms with Gasteiger partial charge in [-0.25, -0.2) is 4.98 Å².